The van der Waals surface area contributed by atoms with Gasteiger partial charge in [-0.2, -0.15) is 0 Å². The molecule has 2 aromatic carbocycles. The summed E-state index contributed by atoms with van der Waals surface area (Å²) in [6.45, 7) is 7.60. The Hall–Kier alpha value is -1.99. The van der Waals surface area contributed by atoms with Gasteiger partial charge in [-0.15, -0.1) is 0 Å². The van der Waals surface area contributed by atoms with Gasteiger partial charge in [0.25, 0.3) is 0 Å². The van der Waals surface area contributed by atoms with Crippen LogP contribution in [0.15, 0.2) is 42.5 Å². The number of anilines is 1. The molecule has 0 unspecified atom stereocenters. The van der Waals surface area contributed by atoms with Crippen LogP contribution in [0.3, 0.4) is 0 Å². The van der Waals surface area contributed by atoms with Crippen molar-refractivity contribution >= 4 is 34.9 Å². The van der Waals surface area contributed by atoms with Crippen molar-refractivity contribution in [1.82, 2.24) is 14.7 Å². The fourth-order valence-corrected chi connectivity index (χ4v) is 5.05. The summed E-state index contributed by atoms with van der Waals surface area (Å²) < 4.78 is 5.37. The number of nitrogens with zero attached hydrogens (tertiary/aromatic N) is 3. The average Bonchev–Trinajstić information content (AvgIpc) is 2.82. The summed E-state index contributed by atoms with van der Waals surface area (Å²) in [6, 6.07) is 13.4. The fraction of sp³-hybridized carbons (Fsp3) is 0.480. The van der Waals surface area contributed by atoms with Crippen molar-refractivity contribution in [3.63, 3.8) is 0 Å². The van der Waals surface area contributed by atoms with Crippen molar-refractivity contribution in [3.8, 4) is 5.75 Å². The molecule has 2 amide bonds. The molecule has 2 aromatic rings. The van der Waals surface area contributed by atoms with Crippen molar-refractivity contribution in [1.29, 1.82) is 0 Å². The second kappa shape index (κ2) is 11.4. The third-order valence-corrected chi connectivity index (χ3v) is 7.23. The lowest BCUT2D eigenvalue weighted by Crippen LogP contribution is -2.52. The number of carbonyl (C=O) groups excluding carboxylic acids is 1. The summed E-state index contributed by atoms with van der Waals surface area (Å²) in [5, 5.41) is 3.84. The molecule has 0 radical (unpaired) electrons. The average molecular weight is 491 g/mol. The van der Waals surface area contributed by atoms with Crippen LogP contribution in [0.1, 0.15) is 18.4 Å². The van der Waals surface area contributed by atoms with Gasteiger partial charge < -0.3 is 15.0 Å². The summed E-state index contributed by atoms with van der Waals surface area (Å²) >= 11 is 12.0. The van der Waals surface area contributed by atoms with Gasteiger partial charge in [0.15, 0.2) is 0 Å². The molecule has 0 saturated carbocycles. The number of hydrogen-bond donors (Lipinski definition) is 1. The van der Waals surface area contributed by atoms with E-state index in [0.717, 1.165) is 58.1 Å². The molecular formula is C25H32Cl2N4O2. The van der Waals surface area contributed by atoms with Crippen molar-refractivity contribution in [2.45, 2.75) is 19.4 Å². The van der Waals surface area contributed by atoms with E-state index in [0.29, 0.717) is 21.7 Å². The topological polar surface area (TPSA) is 48.1 Å². The molecular weight excluding hydrogens is 459 g/mol. The number of halogens is 2. The molecule has 2 aliphatic rings. The number of amides is 2. The van der Waals surface area contributed by atoms with Crippen LogP contribution in [-0.2, 0) is 6.54 Å². The molecule has 0 aliphatic carbocycles. The summed E-state index contributed by atoms with van der Waals surface area (Å²) in [7, 11) is 1.71. The number of likely N-dealkylation sites (tertiary alicyclic amines) is 1. The monoisotopic (exact) mass is 490 g/mol. The van der Waals surface area contributed by atoms with Crippen LogP contribution in [0.5, 0.6) is 5.75 Å². The predicted octanol–water partition coefficient (Wildman–Crippen LogP) is 5.06. The Bertz CT molecular complexity index is 950. The maximum atomic E-state index is 12.6. The zero-order valence-corrected chi connectivity index (χ0v) is 20.6. The van der Waals surface area contributed by atoms with Gasteiger partial charge >= 0.3 is 6.03 Å². The minimum Gasteiger partial charge on any atom is -0.497 e. The first-order valence-electron chi connectivity index (χ1n) is 11.6. The third kappa shape index (κ3) is 6.76. The van der Waals surface area contributed by atoms with Crippen molar-refractivity contribution in [2.75, 3.05) is 58.2 Å². The molecule has 4 rings (SSSR count). The highest BCUT2D eigenvalue weighted by atomic mass is 35.5. The summed E-state index contributed by atoms with van der Waals surface area (Å²) in [6.07, 6.45) is 2.51. The third-order valence-electron chi connectivity index (χ3n) is 6.49. The molecule has 1 atom stereocenters. The van der Waals surface area contributed by atoms with Crippen molar-refractivity contribution in [2.24, 2.45) is 5.92 Å². The van der Waals surface area contributed by atoms with E-state index in [1.165, 1.54) is 18.4 Å². The van der Waals surface area contributed by atoms with Gasteiger partial charge in [0.1, 0.15) is 5.75 Å². The number of methoxy groups -OCH3 is 1. The number of nitrogens with one attached hydrogen (secondary N) is 1. The standard InChI is InChI=1S/C25H32Cl2N4O2/c1-33-22-6-2-4-19(14-22)16-30-9-3-5-20(18-30)17-29-10-12-31(13-11-29)25(32)28-21-7-8-23(26)24(27)15-21/h2,4,6-8,14-15,20H,3,5,9-13,16-18H2,1H3,(H,28,32)/t20-/m0/s1. The Morgan fingerprint density at radius 2 is 1.85 bits per heavy atom. The van der Waals surface area contributed by atoms with E-state index < -0.39 is 0 Å². The van der Waals surface area contributed by atoms with E-state index in [1.807, 2.05) is 11.0 Å². The first kappa shape index (κ1) is 24.1. The Morgan fingerprint density at radius 3 is 2.61 bits per heavy atom. The van der Waals surface area contributed by atoms with Crippen LogP contribution in [-0.4, -0.2) is 73.7 Å². The highest BCUT2D eigenvalue weighted by Gasteiger charge is 2.26. The van der Waals surface area contributed by atoms with Gasteiger partial charge in [-0.3, -0.25) is 9.80 Å². The molecule has 0 aromatic heterocycles. The van der Waals surface area contributed by atoms with Crippen LogP contribution in [0, 0.1) is 5.92 Å². The fourth-order valence-electron chi connectivity index (χ4n) is 4.75. The first-order valence-corrected chi connectivity index (χ1v) is 12.3. The highest BCUT2D eigenvalue weighted by molar-refractivity contribution is 6.42. The second-order valence-corrected chi connectivity index (χ2v) is 9.76. The van der Waals surface area contributed by atoms with Crippen LogP contribution < -0.4 is 10.1 Å². The zero-order valence-electron chi connectivity index (χ0n) is 19.1. The lowest BCUT2D eigenvalue weighted by molar-refractivity contribution is 0.0984. The number of carbonyl (C=O) groups is 1. The summed E-state index contributed by atoms with van der Waals surface area (Å²) in [5.41, 5.74) is 1.96. The molecule has 0 spiro atoms. The Kier molecular flexibility index (Phi) is 8.36. The van der Waals surface area contributed by atoms with Crippen LogP contribution in [0.25, 0.3) is 0 Å². The van der Waals surface area contributed by atoms with Crippen molar-refractivity contribution < 1.29 is 9.53 Å². The molecule has 2 aliphatic heterocycles. The van der Waals surface area contributed by atoms with E-state index >= 15 is 0 Å². The van der Waals surface area contributed by atoms with E-state index in [9.17, 15) is 4.79 Å². The molecule has 2 fully saturated rings. The number of urea groups is 1. The SMILES string of the molecule is COc1cccc(CN2CCC[C@@H](CN3CCN(C(=O)Nc4ccc(Cl)c(Cl)c4)CC3)C2)c1. The number of ether oxygens (including phenoxy) is 1. The number of benzene rings is 2. The number of hydrogen-bond acceptors (Lipinski definition) is 4. The quantitative estimate of drug-likeness (QED) is 0.614. The Labute approximate surface area is 206 Å². The van der Waals surface area contributed by atoms with E-state index in [-0.39, 0.29) is 6.03 Å². The molecule has 2 saturated heterocycles. The van der Waals surface area contributed by atoms with Crippen LogP contribution >= 0.6 is 23.2 Å². The van der Waals surface area contributed by atoms with Gasteiger partial charge in [0.2, 0.25) is 0 Å². The predicted molar refractivity (Wildman–Crippen MR) is 134 cm³/mol. The van der Waals surface area contributed by atoms with Crippen molar-refractivity contribution in [3.05, 3.63) is 58.1 Å². The number of piperidine rings is 1. The van der Waals surface area contributed by atoms with Gasteiger partial charge in [-0.1, -0.05) is 35.3 Å². The summed E-state index contributed by atoms with van der Waals surface area (Å²) in [5.74, 6) is 1.59. The minimum absolute atomic E-state index is 0.0878. The number of piperazine rings is 1. The molecule has 178 valence electrons. The van der Waals surface area contributed by atoms with E-state index in [1.54, 1.807) is 25.3 Å². The second-order valence-electron chi connectivity index (χ2n) is 8.94. The van der Waals surface area contributed by atoms with E-state index in [2.05, 4.69) is 33.3 Å². The molecule has 6 nitrogen and oxygen atoms in total. The molecule has 8 heteroatoms. The van der Waals surface area contributed by atoms with E-state index in [4.69, 9.17) is 27.9 Å². The van der Waals surface area contributed by atoms with Gasteiger partial charge in [0, 0.05) is 51.5 Å². The molecule has 0 bridgehead atoms. The van der Waals surface area contributed by atoms with Crippen LogP contribution in [0.4, 0.5) is 10.5 Å². The largest absolute Gasteiger partial charge is 0.497 e. The van der Waals surface area contributed by atoms with Gasteiger partial charge in [-0.05, 0) is 61.2 Å². The lowest BCUT2D eigenvalue weighted by atomic mass is 9.96. The van der Waals surface area contributed by atoms with Gasteiger partial charge in [0.05, 0.1) is 17.2 Å². The van der Waals surface area contributed by atoms with Gasteiger partial charge in [-0.25, -0.2) is 4.79 Å². The normalized spacial score (nSPS) is 20.0. The Balaban J connectivity index is 1.22. The maximum absolute atomic E-state index is 12.6. The first-order chi connectivity index (χ1) is 16.0. The molecule has 1 N–H and O–H groups in total. The molecule has 2 heterocycles. The van der Waals surface area contributed by atoms with Crippen LogP contribution in [0.2, 0.25) is 10.0 Å². The smallest absolute Gasteiger partial charge is 0.321 e. The summed E-state index contributed by atoms with van der Waals surface area (Å²) in [4.78, 5) is 19.6. The zero-order chi connectivity index (χ0) is 23.2. The lowest BCUT2D eigenvalue weighted by Gasteiger charge is -2.39. The highest BCUT2D eigenvalue weighted by Crippen LogP contribution is 2.25. The number of rotatable bonds is 6. The minimum atomic E-state index is -0.0878. The maximum Gasteiger partial charge on any atom is 0.321 e. The molecule has 33 heavy (non-hydrogen) atoms. The Morgan fingerprint density at radius 1 is 1.03 bits per heavy atom.